The molecule has 1 atom stereocenters. The van der Waals surface area contributed by atoms with E-state index in [1.165, 1.54) is 17.8 Å². The van der Waals surface area contributed by atoms with Gasteiger partial charge in [-0.25, -0.2) is 4.39 Å². The van der Waals surface area contributed by atoms with Crippen LogP contribution in [0.3, 0.4) is 0 Å². The second-order valence-corrected chi connectivity index (χ2v) is 5.33. The summed E-state index contributed by atoms with van der Waals surface area (Å²) in [4.78, 5) is 0.682. The highest BCUT2D eigenvalue weighted by Crippen LogP contribution is 2.26. The number of thioether (sulfide) groups is 1. The van der Waals surface area contributed by atoms with E-state index in [0.29, 0.717) is 4.90 Å². The molecule has 0 aliphatic heterocycles. The van der Waals surface area contributed by atoms with Crippen molar-refractivity contribution >= 4 is 11.8 Å². The van der Waals surface area contributed by atoms with Gasteiger partial charge in [0.15, 0.2) is 0 Å². The van der Waals surface area contributed by atoms with Crippen LogP contribution in [0.5, 0.6) is 0 Å². The predicted octanol–water partition coefficient (Wildman–Crippen LogP) is 3.00. The average Bonchev–Trinajstić information content (AvgIpc) is 2.83. The van der Waals surface area contributed by atoms with E-state index in [1.807, 2.05) is 25.4 Å². The van der Waals surface area contributed by atoms with Gasteiger partial charge in [-0.3, -0.25) is 4.68 Å². The molecular formula is C14H18FN3S. The number of hydrogen-bond acceptors (Lipinski definition) is 3. The normalized spacial score (nSPS) is 12.6. The first-order valence-corrected chi connectivity index (χ1v) is 7.29. The lowest BCUT2D eigenvalue weighted by molar-refractivity contribution is 0.575. The van der Waals surface area contributed by atoms with E-state index in [2.05, 4.69) is 17.3 Å². The Bertz CT molecular complexity index is 527. The third kappa shape index (κ3) is 3.81. The van der Waals surface area contributed by atoms with E-state index < -0.39 is 0 Å². The van der Waals surface area contributed by atoms with E-state index in [-0.39, 0.29) is 11.9 Å². The predicted molar refractivity (Wildman–Crippen MR) is 76.7 cm³/mol. The van der Waals surface area contributed by atoms with Crippen molar-refractivity contribution < 1.29 is 4.39 Å². The third-order valence-corrected chi connectivity index (χ3v) is 3.93. The first-order valence-electron chi connectivity index (χ1n) is 6.31. The van der Waals surface area contributed by atoms with Gasteiger partial charge in [0.1, 0.15) is 5.82 Å². The second kappa shape index (κ2) is 6.73. The van der Waals surface area contributed by atoms with Gasteiger partial charge in [0.2, 0.25) is 0 Å². The van der Waals surface area contributed by atoms with Crippen LogP contribution in [0.4, 0.5) is 4.39 Å². The molecule has 1 heterocycles. The van der Waals surface area contributed by atoms with Gasteiger partial charge in [-0.05, 0) is 24.7 Å². The van der Waals surface area contributed by atoms with E-state index in [0.717, 1.165) is 18.0 Å². The van der Waals surface area contributed by atoms with E-state index in [9.17, 15) is 4.39 Å². The van der Waals surface area contributed by atoms with Crippen molar-refractivity contribution in [2.75, 3.05) is 12.3 Å². The summed E-state index contributed by atoms with van der Waals surface area (Å²) in [6, 6.07) is 8.99. The minimum absolute atomic E-state index is 0.135. The summed E-state index contributed by atoms with van der Waals surface area (Å²) in [5.41, 5.74) is 0.994. The number of hydrogen-bond donors (Lipinski definition) is 1. The highest BCUT2D eigenvalue weighted by Gasteiger charge is 2.14. The van der Waals surface area contributed by atoms with Crippen molar-refractivity contribution in [2.45, 2.75) is 17.9 Å². The van der Waals surface area contributed by atoms with Gasteiger partial charge in [-0.1, -0.05) is 19.1 Å². The van der Waals surface area contributed by atoms with Crippen LogP contribution in [0.15, 0.2) is 41.4 Å². The summed E-state index contributed by atoms with van der Waals surface area (Å²) in [7, 11) is 1.90. The number of nitrogens with zero attached hydrogens (tertiary/aromatic N) is 2. The number of halogens is 1. The maximum atomic E-state index is 13.6. The molecule has 0 aliphatic rings. The van der Waals surface area contributed by atoms with Crippen LogP contribution < -0.4 is 5.32 Å². The molecule has 19 heavy (non-hydrogen) atoms. The van der Waals surface area contributed by atoms with Gasteiger partial charge in [-0.15, -0.1) is 11.8 Å². The van der Waals surface area contributed by atoms with Crippen LogP contribution in [-0.4, -0.2) is 22.1 Å². The molecule has 2 aromatic rings. The molecule has 102 valence electrons. The number of nitrogens with one attached hydrogen (secondary N) is 1. The Hall–Kier alpha value is -1.33. The summed E-state index contributed by atoms with van der Waals surface area (Å²) in [6.07, 6.45) is 1.92. The highest BCUT2D eigenvalue weighted by atomic mass is 32.2. The number of aromatic nitrogens is 2. The van der Waals surface area contributed by atoms with Crippen LogP contribution in [0.25, 0.3) is 0 Å². The zero-order valence-corrected chi connectivity index (χ0v) is 12.0. The van der Waals surface area contributed by atoms with Crippen LogP contribution in [0.2, 0.25) is 0 Å². The molecule has 0 aliphatic carbocycles. The lowest BCUT2D eigenvalue weighted by Crippen LogP contribution is -2.23. The van der Waals surface area contributed by atoms with Crippen LogP contribution in [0.1, 0.15) is 18.7 Å². The highest BCUT2D eigenvalue weighted by molar-refractivity contribution is 7.99. The SMILES string of the molecule is CCNC(CSc1ccccc1F)c1ccn(C)n1. The third-order valence-electron chi connectivity index (χ3n) is 2.78. The standard InChI is InChI=1S/C14H18FN3S/c1-3-16-13(12-8-9-18(2)17-12)10-19-14-7-5-4-6-11(14)15/h4-9,13,16H,3,10H2,1-2H3. The number of benzene rings is 1. The van der Waals surface area contributed by atoms with Crippen molar-refractivity contribution in [3.05, 3.63) is 48.0 Å². The molecule has 0 saturated carbocycles. The average molecular weight is 279 g/mol. The molecule has 0 bridgehead atoms. The maximum Gasteiger partial charge on any atom is 0.136 e. The molecule has 0 saturated heterocycles. The molecule has 5 heteroatoms. The zero-order chi connectivity index (χ0) is 13.7. The molecule has 0 radical (unpaired) electrons. The Balaban J connectivity index is 2.03. The Kier molecular flexibility index (Phi) is 4.99. The molecule has 0 amide bonds. The monoisotopic (exact) mass is 279 g/mol. The summed E-state index contributed by atoms with van der Waals surface area (Å²) < 4.78 is 15.4. The van der Waals surface area contributed by atoms with Crippen molar-refractivity contribution in [2.24, 2.45) is 7.05 Å². The van der Waals surface area contributed by atoms with E-state index in [1.54, 1.807) is 16.8 Å². The van der Waals surface area contributed by atoms with Crippen LogP contribution >= 0.6 is 11.8 Å². The van der Waals surface area contributed by atoms with Crippen molar-refractivity contribution in [3.63, 3.8) is 0 Å². The molecule has 3 nitrogen and oxygen atoms in total. The lowest BCUT2D eigenvalue weighted by atomic mass is 10.2. The van der Waals surface area contributed by atoms with Crippen LogP contribution in [0, 0.1) is 5.82 Å². The summed E-state index contributed by atoms with van der Waals surface area (Å²) >= 11 is 1.51. The summed E-state index contributed by atoms with van der Waals surface area (Å²) in [6.45, 7) is 2.92. The fourth-order valence-electron chi connectivity index (χ4n) is 1.85. The van der Waals surface area contributed by atoms with Crippen molar-refractivity contribution in [1.82, 2.24) is 15.1 Å². The zero-order valence-electron chi connectivity index (χ0n) is 11.1. The van der Waals surface area contributed by atoms with Gasteiger partial charge in [0.25, 0.3) is 0 Å². The molecule has 0 spiro atoms. The van der Waals surface area contributed by atoms with Gasteiger partial charge < -0.3 is 5.32 Å². The van der Waals surface area contributed by atoms with Gasteiger partial charge >= 0.3 is 0 Å². The van der Waals surface area contributed by atoms with Crippen molar-refractivity contribution in [3.8, 4) is 0 Å². The fraction of sp³-hybridized carbons (Fsp3) is 0.357. The first kappa shape index (κ1) is 14.1. The molecular weight excluding hydrogens is 261 g/mol. The molecule has 0 fully saturated rings. The minimum Gasteiger partial charge on any atom is -0.308 e. The van der Waals surface area contributed by atoms with Gasteiger partial charge in [0.05, 0.1) is 11.7 Å². The van der Waals surface area contributed by atoms with E-state index in [4.69, 9.17) is 0 Å². The van der Waals surface area contributed by atoms with Crippen LogP contribution in [-0.2, 0) is 7.05 Å². The topological polar surface area (TPSA) is 29.9 Å². The Morgan fingerprint density at radius 2 is 2.16 bits per heavy atom. The molecule has 2 rings (SSSR count). The summed E-state index contributed by atoms with van der Waals surface area (Å²) in [5.74, 6) is 0.593. The summed E-state index contributed by atoms with van der Waals surface area (Å²) in [5, 5.41) is 7.79. The Morgan fingerprint density at radius 1 is 1.37 bits per heavy atom. The molecule has 1 aromatic carbocycles. The maximum absolute atomic E-state index is 13.6. The quantitative estimate of drug-likeness (QED) is 0.824. The number of aryl methyl sites for hydroxylation is 1. The molecule has 1 unspecified atom stereocenters. The lowest BCUT2D eigenvalue weighted by Gasteiger charge is -2.15. The number of rotatable bonds is 6. The molecule has 1 N–H and O–H groups in total. The van der Waals surface area contributed by atoms with Gasteiger partial charge in [-0.2, -0.15) is 5.10 Å². The second-order valence-electron chi connectivity index (χ2n) is 4.27. The largest absolute Gasteiger partial charge is 0.308 e. The Labute approximate surface area is 117 Å². The fourth-order valence-corrected chi connectivity index (χ4v) is 2.86. The van der Waals surface area contributed by atoms with Crippen molar-refractivity contribution in [1.29, 1.82) is 0 Å². The smallest absolute Gasteiger partial charge is 0.136 e. The van der Waals surface area contributed by atoms with E-state index >= 15 is 0 Å². The Morgan fingerprint density at radius 3 is 2.79 bits per heavy atom. The minimum atomic E-state index is -0.163. The first-order chi connectivity index (χ1) is 9.20. The molecule has 1 aromatic heterocycles. The van der Waals surface area contributed by atoms with Gasteiger partial charge in [0, 0.05) is 23.9 Å².